The smallest absolute Gasteiger partial charge is 0.0426 e. The zero-order valence-corrected chi connectivity index (χ0v) is 12.5. The van der Waals surface area contributed by atoms with Gasteiger partial charge in [0.05, 0.1) is 0 Å². The van der Waals surface area contributed by atoms with Crippen LogP contribution in [0.3, 0.4) is 0 Å². The fourth-order valence-electron chi connectivity index (χ4n) is 2.29. The highest BCUT2D eigenvalue weighted by Crippen LogP contribution is 2.18. The Morgan fingerprint density at radius 1 is 0.900 bits per heavy atom. The molecule has 2 heteroatoms. The van der Waals surface area contributed by atoms with E-state index in [2.05, 4.69) is 55.3 Å². The first-order valence-corrected chi connectivity index (χ1v) is 7.33. The molecule has 106 valence electrons. The standard InChI is InChI=1S/C18H24N2/c1-3-4-5-15-8-12-18(13-9-15)20(2)14-16-6-10-17(19)11-7-16/h6-13H,3-5,14,19H2,1-2H3. The summed E-state index contributed by atoms with van der Waals surface area (Å²) in [5.74, 6) is 0. The Hall–Kier alpha value is -1.96. The molecule has 0 aliphatic heterocycles. The number of nitrogens with two attached hydrogens (primary N) is 1. The zero-order chi connectivity index (χ0) is 14.4. The van der Waals surface area contributed by atoms with Crippen LogP contribution in [0.4, 0.5) is 11.4 Å². The predicted octanol–water partition coefficient (Wildman–Crippen LogP) is 4.25. The first-order chi connectivity index (χ1) is 9.69. The van der Waals surface area contributed by atoms with Gasteiger partial charge < -0.3 is 10.6 Å². The van der Waals surface area contributed by atoms with Crippen LogP contribution < -0.4 is 10.6 Å². The van der Waals surface area contributed by atoms with E-state index >= 15 is 0 Å². The molecule has 0 amide bonds. The average molecular weight is 268 g/mol. The molecule has 0 aromatic heterocycles. The van der Waals surface area contributed by atoms with Crippen LogP contribution in [-0.2, 0) is 13.0 Å². The lowest BCUT2D eigenvalue weighted by Crippen LogP contribution is -2.16. The maximum Gasteiger partial charge on any atom is 0.0426 e. The molecule has 0 fully saturated rings. The highest BCUT2D eigenvalue weighted by molar-refractivity contribution is 5.48. The molecule has 2 aromatic carbocycles. The van der Waals surface area contributed by atoms with Crippen molar-refractivity contribution >= 4 is 11.4 Å². The van der Waals surface area contributed by atoms with Crippen LogP contribution in [0.2, 0.25) is 0 Å². The first kappa shape index (κ1) is 14.4. The Morgan fingerprint density at radius 3 is 2.10 bits per heavy atom. The molecule has 0 saturated carbocycles. The SMILES string of the molecule is CCCCc1ccc(N(C)Cc2ccc(N)cc2)cc1. The summed E-state index contributed by atoms with van der Waals surface area (Å²) in [6.45, 7) is 3.13. The first-order valence-electron chi connectivity index (χ1n) is 7.33. The summed E-state index contributed by atoms with van der Waals surface area (Å²) in [5, 5.41) is 0. The molecule has 0 atom stereocenters. The maximum atomic E-state index is 5.71. The van der Waals surface area contributed by atoms with Gasteiger partial charge >= 0.3 is 0 Å². The largest absolute Gasteiger partial charge is 0.399 e. The molecular weight excluding hydrogens is 244 g/mol. The molecule has 0 spiro atoms. The van der Waals surface area contributed by atoms with Crippen LogP contribution in [0, 0.1) is 0 Å². The Labute approximate surface area is 122 Å². The minimum Gasteiger partial charge on any atom is -0.399 e. The van der Waals surface area contributed by atoms with Crippen LogP contribution >= 0.6 is 0 Å². The average Bonchev–Trinajstić information content (AvgIpc) is 2.48. The molecule has 2 aromatic rings. The number of rotatable bonds is 6. The van der Waals surface area contributed by atoms with Crippen LogP contribution in [0.5, 0.6) is 0 Å². The molecule has 2 N–H and O–H groups in total. The van der Waals surface area contributed by atoms with Crippen LogP contribution in [0.25, 0.3) is 0 Å². The van der Waals surface area contributed by atoms with Crippen LogP contribution in [-0.4, -0.2) is 7.05 Å². The number of nitrogen functional groups attached to an aromatic ring is 1. The molecule has 2 nitrogen and oxygen atoms in total. The van der Waals surface area contributed by atoms with Gasteiger partial charge in [-0.25, -0.2) is 0 Å². The monoisotopic (exact) mass is 268 g/mol. The van der Waals surface area contributed by atoms with E-state index in [1.807, 2.05) is 12.1 Å². The van der Waals surface area contributed by atoms with E-state index in [0.29, 0.717) is 0 Å². The van der Waals surface area contributed by atoms with Crippen LogP contribution in [0.15, 0.2) is 48.5 Å². The van der Waals surface area contributed by atoms with Gasteiger partial charge in [0.25, 0.3) is 0 Å². The molecule has 0 aliphatic carbocycles. The lowest BCUT2D eigenvalue weighted by Gasteiger charge is -2.20. The summed E-state index contributed by atoms with van der Waals surface area (Å²) in [6, 6.07) is 17.0. The van der Waals surface area contributed by atoms with Gasteiger partial charge in [-0.15, -0.1) is 0 Å². The Kier molecular flexibility index (Phi) is 5.05. The number of nitrogens with zero attached hydrogens (tertiary/aromatic N) is 1. The molecule has 0 unspecified atom stereocenters. The molecule has 0 bridgehead atoms. The fourth-order valence-corrected chi connectivity index (χ4v) is 2.29. The van der Waals surface area contributed by atoms with E-state index in [4.69, 9.17) is 5.73 Å². The number of benzene rings is 2. The zero-order valence-electron chi connectivity index (χ0n) is 12.5. The lowest BCUT2D eigenvalue weighted by molar-refractivity contribution is 0.794. The van der Waals surface area contributed by atoms with Crippen molar-refractivity contribution in [2.75, 3.05) is 17.7 Å². The summed E-state index contributed by atoms with van der Waals surface area (Å²) in [5.41, 5.74) is 10.5. The molecule has 0 saturated heterocycles. The quantitative estimate of drug-likeness (QED) is 0.794. The third-order valence-electron chi connectivity index (χ3n) is 3.60. The second-order valence-corrected chi connectivity index (χ2v) is 5.37. The normalized spacial score (nSPS) is 10.5. The van der Waals surface area contributed by atoms with Crippen molar-refractivity contribution in [1.82, 2.24) is 0 Å². The summed E-state index contributed by atoms with van der Waals surface area (Å²) in [4.78, 5) is 2.26. The van der Waals surface area contributed by atoms with Gasteiger partial charge in [0, 0.05) is 25.0 Å². The summed E-state index contributed by atoms with van der Waals surface area (Å²) < 4.78 is 0. The lowest BCUT2D eigenvalue weighted by atomic mass is 10.1. The maximum absolute atomic E-state index is 5.71. The van der Waals surface area contributed by atoms with E-state index in [0.717, 1.165) is 12.2 Å². The van der Waals surface area contributed by atoms with Gasteiger partial charge in [-0.3, -0.25) is 0 Å². The van der Waals surface area contributed by atoms with Crippen molar-refractivity contribution in [3.63, 3.8) is 0 Å². The number of hydrogen-bond donors (Lipinski definition) is 1. The van der Waals surface area contributed by atoms with Crippen molar-refractivity contribution < 1.29 is 0 Å². The van der Waals surface area contributed by atoms with Crippen molar-refractivity contribution in [2.24, 2.45) is 0 Å². The van der Waals surface area contributed by atoms with E-state index in [-0.39, 0.29) is 0 Å². The van der Waals surface area contributed by atoms with Crippen molar-refractivity contribution in [1.29, 1.82) is 0 Å². The third kappa shape index (κ3) is 4.02. The Bertz CT molecular complexity index is 514. The van der Waals surface area contributed by atoms with E-state index in [9.17, 15) is 0 Å². The van der Waals surface area contributed by atoms with Crippen molar-refractivity contribution in [2.45, 2.75) is 32.7 Å². The fraction of sp³-hybridized carbons (Fsp3) is 0.333. The summed E-state index contributed by atoms with van der Waals surface area (Å²) in [7, 11) is 2.12. The third-order valence-corrected chi connectivity index (χ3v) is 3.60. The second kappa shape index (κ2) is 6.99. The van der Waals surface area contributed by atoms with Crippen molar-refractivity contribution in [3.05, 3.63) is 59.7 Å². The molecule has 20 heavy (non-hydrogen) atoms. The highest BCUT2D eigenvalue weighted by Gasteiger charge is 2.02. The van der Waals surface area contributed by atoms with Gasteiger partial charge in [0.15, 0.2) is 0 Å². The molecule has 0 heterocycles. The highest BCUT2D eigenvalue weighted by atomic mass is 15.1. The Morgan fingerprint density at radius 2 is 1.50 bits per heavy atom. The van der Waals surface area contributed by atoms with E-state index < -0.39 is 0 Å². The van der Waals surface area contributed by atoms with Crippen LogP contribution in [0.1, 0.15) is 30.9 Å². The number of unbranched alkanes of at least 4 members (excludes halogenated alkanes) is 1. The number of hydrogen-bond acceptors (Lipinski definition) is 2. The Balaban J connectivity index is 1.98. The van der Waals surface area contributed by atoms with E-state index in [1.165, 1.54) is 36.1 Å². The van der Waals surface area contributed by atoms with E-state index in [1.54, 1.807) is 0 Å². The minimum absolute atomic E-state index is 0.816. The van der Waals surface area contributed by atoms with Gasteiger partial charge in [-0.1, -0.05) is 37.6 Å². The number of aryl methyl sites for hydroxylation is 1. The van der Waals surface area contributed by atoms with Gasteiger partial charge in [0.2, 0.25) is 0 Å². The predicted molar refractivity (Wildman–Crippen MR) is 88.0 cm³/mol. The topological polar surface area (TPSA) is 29.3 Å². The molecule has 0 radical (unpaired) electrons. The van der Waals surface area contributed by atoms with Gasteiger partial charge in [-0.2, -0.15) is 0 Å². The van der Waals surface area contributed by atoms with Gasteiger partial charge in [-0.05, 0) is 48.2 Å². The summed E-state index contributed by atoms with van der Waals surface area (Å²) >= 11 is 0. The minimum atomic E-state index is 0.816. The molecule has 0 aliphatic rings. The summed E-state index contributed by atoms with van der Waals surface area (Å²) in [6.07, 6.45) is 3.69. The second-order valence-electron chi connectivity index (χ2n) is 5.37. The van der Waals surface area contributed by atoms with Crippen molar-refractivity contribution in [3.8, 4) is 0 Å². The molecule has 2 rings (SSSR count). The van der Waals surface area contributed by atoms with Gasteiger partial charge in [0.1, 0.15) is 0 Å². The number of anilines is 2. The molecular formula is C18H24N2.